The Kier molecular flexibility index (Phi) is 3.32. The lowest BCUT2D eigenvalue weighted by Gasteiger charge is -2.10. The first kappa shape index (κ1) is 12.9. The van der Waals surface area contributed by atoms with Gasteiger partial charge < -0.3 is 5.11 Å². The average Bonchev–Trinajstić information content (AvgIpc) is 2.73. The number of benzene rings is 1. The Morgan fingerprint density at radius 2 is 2.15 bits per heavy atom. The summed E-state index contributed by atoms with van der Waals surface area (Å²) < 4.78 is 13.5. The van der Waals surface area contributed by atoms with Gasteiger partial charge in [-0.05, 0) is 65.0 Å². The van der Waals surface area contributed by atoms with E-state index in [0.717, 1.165) is 33.4 Å². The third kappa shape index (κ3) is 2.02. The van der Waals surface area contributed by atoms with E-state index in [1.54, 1.807) is 18.3 Å². The van der Waals surface area contributed by atoms with E-state index in [2.05, 4.69) is 10.2 Å². The van der Waals surface area contributed by atoms with Crippen LogP contribution in [0.15, 0.2) is 51.8 Å². The zero-order chi connectivity index (χ0) is 14.1. The van der Waals surface area contributed by atoms with E-state index in [0.29, 0.717) is 13.0 Å². The number of hydrogen-bond acceptors (Lipinski definition) is 3. The molecule has 1 aliphatic carbocycles. The highest BCUT2D eigenvalue weighted by atomic mass is 19.1. The van der Waals surface area contributed by atoms with Crippen LogP contribution in [0.25, 0.3) is 11.1 Å². The molecule has 1 aliphatic heterocycles. The van der Waals surface area contributed by atoms with Crippen molar-refractivity contribution in [3.8, 4) is 0 Å². The molecule has 0 atom stereocenters. The van der Waals surface area contributed by atoms with Gasteiger partial charge in [-0.25, -0.2) is 4.39 Å². The predicted molar refractivity (Wildman–Crippen MR) is 76.5 cm³/mol. The minimum atomic E-state index is -0.253. The molecule has 102 valence electrons. The van der Waals surface area contributed by atoms with Gasteiger partial charge in [0.1, 0.15) is 5.82 Å². The molecule has 1 N–H and O–H groups in total. The minimum absolute atomic E-state index is 0.0563. The second kappa shape index (κ2) is 5.13. The number of fused-ring (bicyclic) bond motifs is 1. The molecule has 3 nitrogen and oxygen atoms in total. The number of azo groups is 1. The van der Waals surface area contributed by atoms with Crippen molar-refractivity contribution >= 4 is 11.1 Å². The number of hydrogen-bond donors (Lipinski definition) is 1. The number of aliphatic hydroxyl groups is 1. The molecule has 3 rings (SSSR count). The summed E-state index contributed by atoms with van der Waals surface area (Å²) in [7, 11) is 0. The second-order valence-corrected chi connectivity index (χ2v) is 4.90. The highest BCUT2D eigenvalue weighted by molar-refractivity contribution is 6.01. The summed E-state index contributed by atoms with van der Waals surface area (Å²) in [6.07, 6.45) is 4.15. The van der Waals surface area contributed by atoms with Crippen molar-refractivity contribution in [1.29, 1.82) is 0 Å². The van der Waals surface area contributed by atoms with Crippen molar-refractivity contribution in [1.82, 2.24) is 0 Å². The van der Waals surface area contributed by atoms with Crippen LogP contribution in [-0.4, -0.2) is 18.3 Å². The summed E-state index contributed by atoms with van der Waals surface area (Å²) in [4.78, 5) is 0. The van der Waals surface area contributed by atoms with E-state index in [1.807, 2.05) is 13.0 Å². The first-order chi connectivity index (χ1) is 9.72. The molecule has 0 aromatic heterocycles. The fourth-order valence-corrected chi connectivity index (χ4v) is 2.89. The van der Waals surface area contributed by atoms with E-state index in [-0.39, 0.29) is 12.4 Å². The zero-order valence-electron chi connectivity index (χ0n) is 11.2. The molecule has 0 saturated heterocycles. The Morgan fingerprint density at radius 3 is 2.85 bits per heavy atom. The van der Waals surface area contributed by atoms with Crippen LogP contribution in [-0.2, 0) is 0 Å². The minimum Gasteiger partial charge on any atom is -0.396 e. The number of aliphatic hydroxyl groups excluding tert-OH is 1. The van der Waals surface area contributed by atoms with E-state index in [4.69, 9.17) is 0 Å². The Balaban J connectivity index is 2.22. The lowest BCUT2D eigenvalue weighted by molar-refractivity contribution is 0.305. The molecule has 1 aromatic rings. The Morgan fingerprint density at radius 1 is 1.30 bits per heavy atom. The van der Waals surface area contributed by atoms with Crippen LogP contribution in [0.4, 0.5) is 4.39 Å². The van der Waals surface area contributed by atoms with Gasteiger partial charge in [0.2, 0.25) is 0 Å². The van der Waals surface area contributed by atoms with Crippen molar-refractivity contribution in [2.75, 3.05) is 13.2 Å². The molecule has 0 radical (unpaired) electrons. The van der Waals surface area contributed by atoms with Gasteiger partial charge in [0.15, 0.2) is 0 Å². The summed E-state index contributed by atoms with van der Waals surface area (Å²) in [6, 6.07) is 4.83. The second-order valence-electron chi connectivity index (χ2n) is 4.90. The molecular weight excluding hydrogens is 255 g/mol. The highest BCUT2D eigenvalue weighted by Gasteiger charge is 2.25. The maximum Gasteiger partial charge on any atom is 0.123 e. The van der Waals surface area contributed by atoms with Gasteiger partial charge >= 0.3 is 0 Å². The summed E-state index contributed by atoms with van der Waals surface area (Å²) >= 11 is 0. The SMILES string of the molecule is CC1=C(CCO)c2cc(F)ccc2/C1=C1/C=CN=NC1. The topological polar surface area (TPSA) is 45.0 Å². The molecule has 0 bridgehead atoms. The van der Waals surface area contributed by atoms with Gasteiger partial charge in [-0.2, -0.15) is 10.2 Å². The summed E-state index contributed by atoms with van der Waals surface area (Å²) in [5.74, 6) is -0.253. The molecule has 4 heteroatoms. The van der Waals surface area contributed by atoms with Crippen LogP contribution in [0.3, 0.4) is 0 Å². The fraction of sp³-hybridized carbons (Fsp3) is 0.250. The van der Waals surface area contributed by atoms with Crippen LogP contribution < -0.4 is 0 Å². The normalized spacial score (nSPS) is 20.8. The Hall–Kier alpha value is -2.07. The third-order valence-corrected chi connectivity index (χ3v) is 3.75. The van der Waals surface area contributed by atoms with Crippen molar-refractivity contribution in [2.45, 2.75) is 13.3 Å². The van der Waals surface area contributed by atoms with E-state index in [9.17, 15) is 9.50 Å². The molecule has 1 aromatic carbocycles. The van der Waals surface area contributed by atoms with Gasteiger partial charge in [-0.3, -0.25) is 0 Å². The van der Waals surface area contributed by atoms with Gasteiger partial charge in [0.25, 0.3) is 0 Å². The van der Waals surface area contributed by atoms with Crippen LogP contribution in [0, 0.1) is 5.82 Å². The number of allylic oxidation sites excluding steroid dienone is 2. The van der Waals surface area contributed by atoms with Gasteiger partial charge in [0.05, 0.1) is 6.54 Å². The van der Waals surface area contributed by atoms with Gasteiger partial charge in [-0.1, -0.05) is 6.07 Å². The maximum atomic E-state index is 13.5. The largest absolute Gasteiger partial charge is 0.396 e. The molecule has 1 heterocycles. The first-order valence-corrected chi connectivity index (χ1v) is 6.60. The molecular formula is C16H15FN2O. The first-order valence-electron chi connectivity index (χ1n) is 6.60. The van der Waals surface area contributed by atoms with Crippen LogP contribution in [0.1, 0.15) is 24.5 Å². The molecule has 0 unspecified atom stereocenters. The van der Waals surface area contributed by atoms with Gasteiger partial charge in [-0.15, -0.1) is 0 Å². The number of halogens is 1. The van der Waals surface area contributed by atoms with E-state index < -0.39 is 0 Å². The smallest absolute Gasteiger partial charge is 0.123 e. The third-order valence-electron chi connectivity index (χ3n) is 3.75. The molecule has 20 heavy (non-hydrogen) atoms. The van der Waals surface area contributed by atoms with Crippen molar-refractivity contribution < 1.29 is 9.50 Å². The lowest BCUT2D eigenvalue weighted by Crippen LogP contribution is -1.95. The predicted octanol–water partition coefficient (Wildman–Crippen LogP) is 3.73. The standard InChI is InChI=1S/C16H15FN2O/c1-10-13(5-7-20)15-8-12(17)2-3-14(15)16(10)11-4-6-18-19-9-11/h2-4,6,8,20H,5,7,9H2,1H3/b16-11-. The maximum absolute atomic E-state index is 13.5. The number of rotatable bonds is 2. The molecule has 0 fully saturated rings. The zero-order valence-corrected chi connectivity index (χ0v) is 11.2. The summed E-state index contributed by atoms with van der Waals surface area (Å²) in [6.45, 7) is 2.61. The quantitative estimate of drug-likeness (QED) is 0.874. The Labute approximate surface area is 116 Å². The molecule has 0 saturated carbocycles. The van der Waals surface area contributed by atoms with E-state index >= 15 is 0 Å². The van der Waals surface area contributed by atoms with Crippen molar-refractivity contribution in [2.24, 2.45) is 10.2 Å². The summed E-state index contributed by atoms with van der Waals surface area (Å²) in [5, 5.41) is 17.1. The van der Waals surface area contributed by atoms with Crippen LogP contribution in [0.2, 0.25) is 0 Å². The Bertz CT molecular complexity index is 684. The van der Waals surface area contributed by atoms with E-state index in [1.165, 1.54) is 6.07 Å². The van der Waals surface area contributed by atoms with Gasteiger partial charge in [0, 0.05) is 12.8 Å². The van der Waals surface area contributed by atoms with Crippen molar-refractivity contribution in [3.63, 3.8) is 0 Å². The van der Waals surface area contributed by atoms with Crippen LogP contribution in [0.5, 0.6) is 0 Å². The fourth-order valence-electron chi connectivity index (χ4n) is 2.89. The monoisotopic (exact) mass is 270 g/mol. The molecule has 0 amide bonds. The lowest BCUT2D eigenvalue weighted by atomic mass is 9.97. The highest BCUT2D eigenvalue weighted by Crippen LogP contribution is 2.44. The number of nitrogens with zero attached hydrogens (tertiary/aromatic N) is 2. The summed E-state index contributed by atoms with van der Waals surface area (Å²) in [5.41, 5.74) is 6.19. The average molecular weight is 270 g/mol. The molecule has 0 spiro atoms. The molecule has 2 aliphatic rings. The van der Waals surface area contributed by atoms with Crippen molar-refractivity contribution in [3.05, 3.63) is 58.6 Å². The van der Waals surface area contributed by atoms with Crippen LogP contribution >= 0.6 is 0 Å².